The highest BCUT2D eigenvalue weighted by Crippen LogP contribution is 2.25. The van der Waals surface area contributed by atoms with Gasteiger partial charge in [0.25, 0.3) is 0 Å². The smallest absolute Gasteiger partial charge is 0.222 e. The number of rotatable bonds is 3. The predicted molar refractivity (Wildman–Crippen MR) is 59.1 cm³/mol. The van der Waals surface area contributed by atoms with Gasteiger partial charge in [0.2, 0.25) is 5.91 Å². The van der Waals surface area contributed by atoms with Crippen LogP contribution in [0.3, 0.4) is 0 Å². The Morgan fingerprint density at radius 2 is 2.07 bits per heavy atom. The molecule has 1 aliphatic rings. The van der Waals surface area contributed by atoms with Crippen LogP contribution >= 0.6 is 0 Å². The van der Waals surface area contributed by atoms with E-state index in [2.05, 4.69) is 18.7 Å². The highest BCUT2D eigenvalue weighted by Gasteiger charge is 2.27. The van der Waals surface area contributed by atoms with Crippen LogP contribution in [-0.2, 0) is 4.79 Å². The van der Waals surface area contributed by atoms with Gasteiger partial charge in [0.15, 0.2) is 0 Å². The highest BCUT2D eigenvalue weighted by molar-refractivity contribution is 5.76. The van der Waals surface area contributed by atoms with Gasteiger partial charge in [0.05, 0.1) is 0 Å². The molecule has 0 aromatic rings. The molecule has 0 saturated carbocycles. The fourth-order valence-electron chi connectivity index (χ4n) is 2.35. The summed E-state index contributed by atoms with van der Waals surface area (Å²) in [5.74, 6) is 1.04. The number of hydrogen-bond donors (Lipinski definition) is 0. The van der Waals surface area contributed by atoms with Gasteiger partial charge in [-0.15, -0.1) is 0 Å². The molecule has 14 heavy (non-hydrogen) atoms. The first-order chi connectivity index (χ1) is 6.69. The topological polar surface area (TPSA) is 20.3 Å². The Hall–Kier alpha value is -0.530. The highest BCUT2D eigenvalue weighted by atomic mass is 16.2. The second-order valence-electron chi connectivity index (χ2n) is 4.52. The van der Waals surface area contributed by atoms with Gasteiger partial charge in [-0.05, 0) is 25.2 Å². The van der Waals surface area contributed by atoms with Crippen molar-refractivity contribution in [3.8, 4) is 0 Å². The molecular formula is C12H23NO. The average Bonchev–Trinajstić information content (AvgIpc) is 2.20. The monoisotopic (exact) mass is 197 g/mol. The minimum atomic E-state index is 0.343. The Bertz CT molecular complexity index is 191. The lowest BCUT2D eigenvalue weighted by Gasteiger charge is -2.38. The molecule has 0 N–H and O–H groups in total. The van der Waals surface area contributed by atoms with Crippen molar-refractivity contribution in [1.82, 2.24) is 4.90 Å². The van der Waals surface area contributed by atoms with Crippen LogP contribution in [0.5, 0.6) is 0 Å². The molecule has 1 heterocycles. The van der Waals surface area contributed by atoms with Crippen molar-refractivity contribution in [2.45, 2.75) is 58.9 Å². The number of piperidine rings is 1. The first kappa shape index (κ1) is 11.5. The summed E-state index contributed by atoms with van der Waals surface area (Å²) in [6.07, 6.45) is 5.52. The Labute approximate surface area is 87.7 Å². The van der Waals surface area contributed by atoms with E-state index in [1.54, 1.807) is 0 Å². The van der Waals surface area contributed by atoms with Gasteiger partial charge in [-0.25, -0.2) is 0 Å². The summed E-state index contributed by atoms with van der Waals surface area (Å²) in [7, 11) is 0. The molecule has 0 aliphatic carbocycles. The van der Waals surface area contributed by atoms with Crippen LogP contribution in [0.2, 0.25) is 0 Å². The van der Waals surface area contributed by atoms with E-state index in [0.29, 0.717) is 24.3 Å². The second kappa shape index (κ2) is 5.38. The Morgan fingerprint density at radius 1 is 1.36 bits per heavy atom. The van der Waals surface area contributed by atoms with Crippen molar-refractivity contribution in [3.05, 3.63) is 0 Å². The van der Waals surface area contributed by atoms with Gasteiger partial charge in [0.1, 0.15) is 0 Å². The minimum absolute atomic E-state index is 0.343. The molecule has 2 atom stereocenters. The zero-order chi connectivity index (χ0) is 10.6. The van der Waals surface area contributed by atoms with E-state index < -0.39 is 0 Å². The van der Waals surface area contributed by atoms with Crippen molar-refractivity contribution in [3.63, 3.8) is 0 Å². The van der Waals surface area contributed by atoms with E-state index in [0.717, 1.165) is 6.54 Å². The molecule has 0 radical (unpaired) electrons. The molecule has 2 nitrogen and oxygen atoms in total. The van der Waals surface area contributed by atoms with Gasteiger partial charge in [0, 0.05) is 19.0 Å². The molecule has 1 rings (SSSR count). The molecule has 0 spiro atoms. The van der Waals surface area contributed by atoms with Crippen molar-refractivity contribution in [1.29, 1.82) is 0 Å². The number of amides is 1. The van der Waals surface area contributed by atoms with Gasteiger partial charge in [-0.3, -0.25) is 4.79 Å². The Morgan fingerprint density at radius 3 is 2.64 bits per heavy atom. The minimum Gasteiger partial charge on any atom is -0.339 e. The zero-order valence-corrected chi connectivity index (χ0v) is 9.75. The summed E-state index contributed by atoms with van der Waals surface area (Å²) in [5, 5.41) is 0. The number of hydrogen-bond acceptors (Lipinski definition) is 1. The molecule has 2 heteroatoms. The fraction of sp³-hybridized carbons (Fsp3) is 0.917. The lowest BCUT2D eigenvalue weighted by molar-refractivity contribution is -0.135. The van der Waals surface area contributed by atoms with Crippen molar-refractivity contribution in [2.24, 2.45) is 5.92 Å². The molecule has 2 unspecified atom stereocenters. The summed E-state index contributed by atoms with van der Waals surface area (Å²) < 4.78 is 0. The fourth-order valence-corrected chi connectivity index (χ4v) is 2.35. The van der Waals surface area contributed by atoms with E-state index in [1.807, 2.05) is 6.92 Å². The standard InChI is InChI=1S/C12H23NO/c1-4-6-11-8-7-10(3)9-13(11)12(14)5-2/h10-11H,4-9H2,1-3H3. The molecule has 1 saturated heterocycles. The summed E-state index contributed by atoms with van der Waals surface area (Å²) in [4.78, 5) is 13.8. The van der Waals surface area contributed by atoms with E-state index in [9.17, 15) is 4.79 Å². The van der Waals surface area contributed by atoms with Crippen LogP contribution in [0.1, 0.15) is 52.9 Å². The second-order valence-corrected chi connectivity index (χ2v) is 4.52. The molecule has 1 amide bonds. The summed E-state index contributed by atoms with van der Waals surface area (Å²) in [5.41, 5.74) is 0. The summed E-state index contributed by atoms with van der Waals surface area (Å²) >= 11 is 0. The SMILES string of the molecule is CCCC1CCC(C)CN1C(=O)CC. The van der Waals surface area contributed by atoms with Gasteiger partial charge >= 0.3 is 0 Å². The van der Waals surface area contributed by atoms with E-state index in [4.69, 9.17) is 0 Å². The maximum atomic E-state index is 11.7. The third-order valence-electron chi connectivity index (χ3n) is 3.19. The third-order valence-corrected chi connectivity index (χ3v) is 3.19. The number of carbonyl (C=O) groups is 1. The van der Waals surface area contributed by atoms with Gasteiger partial charge < -0.3 is 4.90 Å². The van der Waals surface area contributed by atoms with Gasteiger partial charge in [-0.2, -0.15) is 0 Å². The lowest BCUT2D eigenvalue weighted by Crippen LogP contribution is -2.46. The Kier molecular flexibility index (Phi) is 4.43. The van der Waals surface area contributed by atoms with Crippen molar-refractivity contribution in [2.75, 3.05) is 6.54 Å². The van der Waals surface area contributed by atoms with E-state index in [-0.39, 0.29) is 0 Å². The van der Waals surface area contributed by atoms with Crippen LogP contribution in [0.4, 0.5) is 0 Å². The van der Waals surface area contributed by atoms with Crippen molar-refractivity contribution >= 4 is 5.91 Å². The van der Waals surface area contributed by atoms with Crippen LogP contribution in [0, 0.1) is 5.92 Å². The molecule has 82 valence electrons. The third kappa shape index (κ3) is 2.73. The largest absolute Gasteiger partial charge is 0.339 e. The van der Waals surface area contributed by atoms with Crippen LogP contribution in [0.25, 0.3) is 0 Å². The molecule has 0 aromatic heterocycles. The molecule has 1 aliphatic heterocycles. The van der Waals surface area contributed by atoms with Crippen molar-refractivity contribution < 1.29 is 4.79 Å². The predicted octanol–water partition coefficient (Wildman–Crippen LogP) is 2.82. The maximum Gasteiger partial charge on any atom is 0.222 e. The zero-order valence-electron chi connectivity index (χ0n) is 9.75. The van der Waals surface area contributed by atoms with Crippen LogP contribution < -0.4 is 0 Å². The van der Waals surface area contributed by atoms with Crippen LogP contribution in [0.15, 0.2) is 0 Å². The molecule has 1 fully saturated rings. The van der Waals surface area contributed by atoms with Gasteiger partial charge in [-0.1, -0.05) is 27.2 Å². The first-order valence-electron chi connectivity index (χ1n) is 5.98. The first-order valence-corrected chi connectivity index (χ1v) is 5.98. The van der Waals surface area contributed by atoms with E-state index >= 15 is 0 Å². The summed E-state index contributed by atoms with van der Waals surface area (Å²) in [6.45, 7) is 7.40. The molecule has 0 aromatic carbocycles. The summed E-state index contributed by atoms with van der Waals surface area (Å²) in [6, 6.07) is 0.531. The average molecular weight is 197 g/mol. The maximum absolute atomic E-state index is 11.7. The molecule has 0 bridgehead atoms. The number of likely N-dealkylation sites (tertiary alicyclic amines) is 1. The molecular weight excluding hydrogens is 174 g/mol. The Balaban J connectivity index is 2.58. The lowest BCUT2D eigenvalue weighted by atomic mass is 9.91. The quantitative estimate of drug-likeness (QED) is 0.681. The van der Waals surface area contributed by atoms with E-state index in [1.165, 1.54) is 25.7 Å². The number of carbonyl (C=O) groups excluding carboxylic acids is 1. The number of nitrogens with zero attached hydrogens (tertiary/aromatic N) is 1. The van der Waals surface area contributed by atoms with Crippen LogP contribution in [-0.4, -0.2) is 23.4 Å². The normalized spacial score (nSPS) is 27.8.